The summed E-state index contributed by atoms with van der Waals surface area (Å²) >= 11 is 5.89. The number of halogens is 1. The Hall–Kier alpha value is -2.51. The van der Waals surface area contributed by atoms with Crippen molar-refractivity contribution in [3.8, 4) is 0 Å². The fourth-order valence-electron chi connectivity index (χ4n) is 1.90. The predicted octanol–water partition coefficient (Wildman–Crippen LogP) is 1.93. The molecule has 0 aliphatic rings. The molecule has 0 spiro atoms. The van der Waals surface area contributed by atoms with E-state index in [9.17, 15) is 4.79 Å². The molecule has 1 N–H and O–H groups in total. The standard InChI is InChI=1S/C14H12ClN5O2/c15-14-16-6-11(13-19-17-9-20(13)14)18-12(21)8-22-7-10-4-2-1-3-5-10/h1-6,9H,7-8H2,(H,18,21). The van der Waals surface area contributed by atoms with E-state index < -0.39 is 0 Å². The van der Waals surface area contributed by atoms with E-state index in [-0.39, 0.29) is 17.8 Å². The van der Waals surface area contributed by atoms with E-state index in [0.717, 1.165) is 5.56 Å². The lowest BCUT2D eigenvalue weighted by Crippen LogP contribution is -2.19. The van der Waals surface area contributed by atoms with Crippen molar-refractivity contribution in [3.63, 3.8) is 0 Å². The highest BCUT2D eigenvalue weighted by molar-refractivity contribution is 6.28. The van der Waals surface area contributed by atoms with Gasteiger partial charge in [-0.25, -0.2) is 4.98 Å². The van der Waals surface area contributed by atoms with Gasteiger partial charge < -0.3 is 10.1 Å². The molecule has 0 fully saturated rings. The number of aromatic nitrogens is 4. The molecule has 1 aromatic carbocycles. The molecule has 0 bridgehead atoms. The Morgan fingerprint density at radius 1 is 1.32 bits per heavy atom. The summed E-state index contributed by atoms with van der Waals surface area (Å²) in [5.74, 6) is -0.301. The van der Waals surface area contributed by atoms with Crippen LogP contribution in [0.3, 0.4) is 0 Å². The molecule has 0 aliphatic carbocycles. The van der Waals surface area contributed by atoms with Gasteiger partial charge in [-0.15, -0.1) is 10.2 Å². The molecule has 0 aliphatic heterocycles. The van der Waals surface area contributed by atoms with Crippen LogP contribution < -0.4 is 5.32 Å². The van der Waals surface area contributed by atoms with Crippen molar-refractivity contribution in [2.75, 3.05) is 11.9 Å². The van der Waals surface area contributed by atoms with Crippen molar-refractivity contribution in [3.05, 3.63) is 53.7 Å². The van der Waals surface area contributed by atoms with Crippen molar-refractivity contribution >= 4 is 28.8 Å². The summed E-state index contributed by atoms with van der Waals surface area (Å²) in [6.07, 6.45) is 2.85. The maximum Gasteiger partial charge on any atom is 0.250 e. The van der Waals surface area contributed by atoms with E-state index >= 15 is 0 Å². The number of anilines is 1. The first kappa shape index (κ1) is 14.4. The van der Waals surface area contributed by atoms with Crippen LogP contribution in [-0.2, 0) is 16.1 Å². The first-order valence-electron chi connectivity index (χ1n) is 6.50. The number of rotatable bonds is 5. The molecule has 7 nitrogen and oxygen atoms in total. The molecule has 0 unspecified atom stereocenters. The number of nitrogens with zero attached hydrogens (tertiary/aromatic N) is 4. The van der Waals surface area contributed by atoms with E-state index in [1.165, 1.54) is 16.9 Å². The molecule has 0 saturated heterocycles. The number of nitrogens with one attached hydrogen (secondary N) is 1. The summed E-state index contributed by atoms with van der Waals surface area (Å²) < 4.78 is 6.84. The maximum atomic E-state index is 11.9. The van der Waals surface area contributed by atoms with Gasteiger partial charge in [-0.2, -0.15) is 0 Å². The third kappa shape index (κ3) is 3.21. The van der Waals surface area contributed by atoms with Crippen LogP contribution in [-0.4, -0.2) is 32.1 Å². The average molecular weight is 318 g/mol. The van der Waals surface area contributed by atoms with Crippen LogP contribution in [0.15, 0.2) is 42.9 Å². The van der Waals surface area contributed by atoms with Crippen LogP contribution in [0.2, 0.25) is 5.28 Å². The molecular weight excluding hydrogens is 306 g/mol. The fraction of sp³-hybridized carbons (Fsp3) is 0.143. The lowest BCUT2D eigenvalue weighted by Gasteiger charge is -2.07. The molecule has 3 rings (SSSR count). The molecule has 0 atom stereocenters. The van der Waals surface area contributed by atoms with Crippen molar-refractivity contribution in [1.82, 2.24) is 19.6 Å². The molecule has 2 aromatic heterocycles. The van der Waals surface area contributed by atoms with Crippen LogP contribution in [0.5, 0.6) is 0 Å². The van der Waals surface area contributed by atoms with Crippen LogP contribution in [0.1, 0.15) is 5.56 Å². The van der Waals surface area contributed by atoms with Crippen molar-refractivity contribution in [2.24, 2.45) is 0 Å². The Bertz CT molecular complexity index is 790. The van der Waals surface area contributed by atoms with Gasteiger partial charge in [0, 0.05) is 0 Å². The van der Waals surface area contributed by atoms with E-state index in [1.54, 1.807) is 0 Å². The van der Waals surface area contributed by atoms with Gasteiger partial charge in [0.15, 0.2) is 5.65 Å². The first-order valence-corrected chi connectivity index (χ1v) is 6.87. The van der Waals surface area contributed by atoms with E-state index in [1.807, 2.05) is 30.3 Å². The number of carbonyl (C=O) groups excluding carboxylic acids is 1. The number of hydrogen-bond acceptors (Lipinski definition) is 5. The second kappa shape index (κ2) is 6.50. The highest BCUT2D eigenvalue weighted by Crippen LogP contribution is 2.16. The van der Waals surface area contributed by atoms with Gasteiger partial charge in [0.1, 0.15) is 18.6 Å². The van der Waals surface area contributed by atoms with Crippen LogP contribution >= 0.6 is 11.6 Å². The largest absolute Gasteiger partial charge is 0.367 e. The number of hydrogen-bond donors (Lipinski definition) is 1. The van der Waals surface area contributed by atoms with Gasteiger partial charge in [0.05, 0.1) is 12.8 Å². The summed E-state index contributed by atoms with van der Waals surface area (Å²) in [7, 11) is 0. The molecule has 2 heterocycles. The van der Waals surface area contributed by atoms with Gasteiger partial charge >= 0.3 is 0 Å². The summed E-state index contributed by atoms with van der Waals surface area (Å²) in [5, 5.41) is 10.5. The zero-order valence-electron chi connectivity index (χ0n) is 11.4. The molecule has 8 heteroatoms. The second-order valence-electron chi connectivity index (χ2n) is 4.49. The Labute approximate surface area is 130 Å². The summed E-state index contributed by atoms with van der Waals surface area (Å²) in [4.78, 5) is 15.9. The van der Waals surface area contributed by atoms with E-state index in [0.29, 0.717) is 17.9 Å². The molecule has 0 saturated carbocycles. The second-order valence-corrected chi connectivity index (χ2v) is 4.83. The lowest BCUT2D eigenvalue weighted by molar-refractivity contribution is -0.121. The SMILES string of the molecule is O=C(COCc1ccccc1)Nc1cnc(Cl)n2cnnc12. The van der Waals surface area contributed by atoms with Gasteiger partial charge in [-0.1, -0.05) is 30.3 Å². The third-order valence-corrected chi connectivity index (χ3v) is 3.19. The zero-order chi connectivity index (χ0) is 15.4. The van der Waals surface area contributed by atoms with Crippen LogP contribution in [0.4, 0.5) is 5.69 Å². The van der Waals surface area contributed by atoms with Crippen molar-refractivity contribution in [1.29, 1.82) is 0 Å². The number of fused-ring (bicyclic) bond motifs is 1. The Balaban J connectivity index is 1.59. The number of ether oxygens (including phenoxy) is 1. The normalized spacial score (nSPS) is 10.8. The number of carbonyl (C=O) groups is 1. The summed E-state index contributed by atoms with van der Waals surface area (Å²) in [5.41, 5.74) is 1.86. The average Bonchev–Trinajstić information content (AvgIpc) is 3.02. The topological polar surface area (TPSA) is 81.4 Å². The smallest absolute Gasteiger partial charge is 0.250 e. The van der Waals surface area contributed by atoms with E-state index in [2.05, 4.69) is 20.5 Å². The fourth-order valence-corrected chi connectivity index (χ4v) is 2.07. The summed E-state index contributed by atoms with van der Waals surface area (Å²) in [6, 6.07) is 9.62. The number of benzene rings is 1. The number of amides is 1. The Morgan fingerprint density at radius 2 is 2.14 bits per heavy atom. The highest BCUT2D eigenvalue weighted by atomic mass is 35.5. The minimum Gasteiger partial charge on any atom is -0.367 e. The molecule has 0 radical (unpaired) electrons. The molecule has 3 aromatic rings. The summed E-state index contributed by atoms with van der Waals surface area (Å²) in [6.45, 7) is 0.297. The maximum absolute atomic E-state index is 11.9. The van der Waals surface area contributed by atoms with Crippen molar-refractivity contribution < 1.29 is 9.53 Å². The molecule has 1 amide bonds. The van der Waals surface area contributed by atoms with Gasteiger partial charge in [-0.3, -0.25) is 9.20 Å². The zero-order valence-corrected chi connectivity index (χ0v) is 12.2. The van der Waals surface area contributed by atoms with E-state index in [4.69, 9.17) is 16.3 Å². The first-order chi connectivity index (χ1) is 10.7. The molecule has 22 heavy (non-hydrogen) atoms. The van der Waals surface area contributed by atoms with Gasteiger partial charge in [-0.05, 0) is 17.2 Å². The lowest BCUT2D eigenvalue weighted by atomic mass is 10.2. The monoisotopic (exact) mass is 317 g/mol. The molecular formula is C14H12ClN5O2. The van der Waals surface area contributed by atoms with Gasteiger partial charge in [0.25, 0.3) is 5.91 Å². The minimum absolute atomic E-state index is 0.0716. The van der Waals surface area contributed by atoms with Crippen molar-refractivity contribution in [2.45, 2.75) is 6.61 Å². The third-order valence-electron chi connectivity index (χ3n) is 2.91. The highest BCUT2D eigenvalue weighted by Gasteiger charge is 2.11. The Kier molecular flexibility index (Phi) is 4.27. The van der Waals surface area contributed by atoms with Gasteiger partial charge in [0.2, 0.25) is 5.28 Å². The van der Waals surface area contributed by atoms with Crippen LogP contribution in [0, 0.1) is 0 Å². The minimum atomic E-state index is -0.301. The predicted molar refractivity (Wildman–Crippen MR) is 80.5 cm³/mol. The van der Waals surface area contributed by atoms with Crippen LogP contribution in [0.25, 0.3) is 5.65 Å². The quantitative estimate of drug-likeness (QED) is 0.727. The molecule has 112 valence electrons. The Morgan fingerprint density at radius 3 is 2.95 bits per heavy atom.